The van der Waals surface area contributed by atoms with Gasteiger partial charge >= 0.3 is 0 Å². The van der Waals surface area contributed by atoms with Crippen LogP contribution in [0.4, 0.5) is 0 Å². The van der Waals surface area contributed by atoms with Crippen molar-refractivity contribution in [2.45, 2.75) is 79.9 Å². The van der Waals surface area contributed by atoms with Crippen molar-refractivity contribution in [3.63, 3.8) is 0 Å². The highest BCUT2D eigenvalue weighted by atomic mass is 32.3. The molecular weight excluding hydrogens is 288 g/mol. The topological polar surface area (TPSA) is 36.9 Å². The molecular formula is C16H34O4S. The van der Waals surface area contributed by atoms with Crippen molar-refractivity contribution in [1.29, 1.82) is 0 Å². The molecule has 0 saturated carbocycles. The standard InChI is InChI=1S/C16H34O4S/c1-13-10-16(8,9)12-21(11-13,19-17-14(2,3)4)20-18-15(5,6)7/h13H,10-12H2,1-9H3. The maximum Gasteiger partial charge on any atom is 0.0974 e. The highest BCUT2D eigenvalue weighted by molar-refractivity contribution is 8.25. The minimum Gasteiger partial charge on any atom is -0.210 e. The van der Waals surface area contributed by atoms with E-state index in [1.54, 1.807) is 0 Å². The zero-order valence-electron chi connectivity index (χ0n) is 15.2. The second kappa shape index (κ2) is 6.36. The molecule has 1 rings (SSSR count). The zero-order valence-corrected chi connectivity index (χ0v) is 16.1. The Morgan fingerprint density at radius 1 is 0.905 bits per heavy atom. The Kier molecular flexibility index (Phi) is 5.83. The minimum absolute atomic E-state index is 0.162. The molecule has 0 aromatic heterocycles. The van der Waals surface area contributed by atoms with Gasteiger partial charge in [-0.1, -0.05) is 20.8 Å². The van der Waals surface area contributed by atoms with Gasteiger partial charge in [-0.2, -0.15) is 0 Å². The van der Waals surface area contributed by atoms with Gasteiger partial charge in [-0.25, -0.2) is 9.78 Å². The minimum atomic E-state index is -1.87. The predicted octanol–water partition coefficient (Wildman–Crippen LogP) is 5.18. The van der Waals surface area contributed by atoms with Crippen LogP contribution >= 0.6 is 10.6 Å². The van der Waals surface area contributed by atoms with Crippen LogP contribution in [0, 0.1) is 11.3 Å². The largest absolute Gasteiger partial charge is 0.210 e. The summed E-state index contributed by atoms with van der Waals surface area (Å²) in [5.41, 5.74) is -0.568. The van der Waals surface area contributed by atoms with Crippen molar-refractivity contribution in [2.24, 2.45) is 11.3 Å². The van der Waals surface area contributed by atoms with Crippen molar-refractivity contribution in [1.82, 2.24) is 0 Å². The lowest BCUT2D eigenvalue weighted by molar-refractivity contribution is -0.314. The van der Waals surface area contributed by atoms with Gasteiger partial charge in [0.05, 0.1) is 11.2 Å². The Morgan fingerprint density at radius 2 is 1.33 bits per heavy atom. The number of hydrogen-bond acceptors (Lipinski definition) is 4. The molecule has 1 aliphatic rings. The molecule has 0 amide bonds. The third kappa shape index (κ3) is 7.33. The van der Waals surface area contributed by atoms with Crippen LogP contribution < -0.4 is 0 Å². The van der Waals surface area contributed by atoms with E-state index in [9.17, 15) is 0 Å². The summed E-state index contributed by atoms with van der Waals surface area (Å²) in [6.07, 6.45) is 1.17. The average Bonchev–Trinajstić information content (AvgIpc) is 2.19. The molecule has 0 spiro atoms. The molecule has 0 radical (unpaired) electrons. The lowest BCUT2D eigenvalue weighted by atomic mass is 9.85. The van der Waals surface area contributed by atoms with Crippen molar-refractivity contribution in [3.05, 3.63) is 0 Å². The van der Waals surface area contributed by atoms with E-state index in [2.05, 4.69) is 20.8 Å². The fraction of sp³-hybridized carbons (Fsp3) is 1.00. The van der Waals surface area contributed by atoms with E-state index >= 15 is 0 Å². The molecule has 1 aliphatic heterocycles. The summed E-state index contributed by atoms with van der Waals surface area (Å²) in [6, 6.07) is 0. The third-order valence-electron chi connectivity index (χ3n) is 2.87. The van der Waals surface area contributed by atoms with E-state index < -0.39 is 10.6 Å². The molecule has 0 aliphatic carbocycles. The van der Waals surface area contributed by atoms with Gasteiger partial charge in [-0.05, 0) is 59.3 Å². The molecule has 1 saturated heterocycles. The summed E-state index contributed by atoms with van der Waals surface area (Å²) in [6.45, 7) is 18.6. The molecule has 1 atom stereocenters. The van der Waals surface area contributed by atoms with Gasteiger partial charge in [-0.15, -0.1) is 19.3 Å². The van der Waals surface area contributed by atoms with Gasteiger partial charge in [0.2, 0.25) is 0 Å². The fourth-order valence-electron chi connectivity index (χ4n) is 2.59. The smallest absolute Gasteiger partial charge is 0.0974 e. The van der Waals surface area contributed by atoms with Crippen LogP contribution in [-0.4, -0.2) is 22.7 Å². The molecule has 0 aromatic carbocycles. The van der Waals surface area contributed by atoms with Crippen molar-refractivity contribution >= 4 is 10.6 Å². The molecule has 128 valence electrons. The molecule has 0 bridgehead atoms. The van der Waals surface area contributed by atoms with Gasteiger partial charge in [0.25, 0.3) is 0 Å². The van der Waals surface area contributed by atoms with Gasteiger partial charge in [0.15, 0.2) is 0 Å². The second-order valence-corrected chi connectivity index (χ2v) is 11.4. The summed E-state index contributed by atoms with van der Waals surface area (Å²) in [7, 11) is -1.87. The number of rotatable bonds is 4. The lowest BCUT2D eigenvalue weighted by Crippen LogP contribution is -2.38. The monoisotopic (exact) mass is 322 g/mol. The Labute approximate surface area is 132 Å². The van der Waals surface area contributed by atoms with E-state index in [4.69, 9.17) is 18.4 Å². The second-order valence-electron chi connectivity index (χ2n) is 9.06. The normalized spacial score (nSPS) is 27.4. The summed E-state index contributed by atoms with van der Waals surface area (Å²) in [4.78, 5) is 11.2. The van der Waals surface area contributed by atoms with Crippen LogP contribution in [-0.2, 0) is 18.4 Å². The molecule has 4 nitrogen and oxygen atoms in total. The molecule has 5 heteroatoms. The fourth-order valence-corrected chi connectivity index (χ4v) is 5.89. The first-order valence-electron chi connectivity index (χ1n) is 7.75. The number of hydrogen-bond donors (Lipinski definition) is 0. The Hall–Kier alpha value is 0.190. The van der Waals surface area contributed by atoms with Crippen molar-refractivity contribution < 1.29 is 18.4 Å². The van der Waals surface area contributed by atoms with Gasteiger partial charge < -0.3 is 0 Å². The van der Waals surface area contributed by atoms with Gasteiger partial charge in [0, 0.05) is 11.5 Å². The van der Waals surface area contributed by atoms with Crippen LogP contribution in [0.5, 0.6) is 0 Å². The van der Waals surface area contributed by atoms with E-state index in [1.807, 2.05) is 41.5 Å². The van der Waals surface area contributed by atoms with E-state index in [1.165, 1.54) is 6.42 Å². The highest BCUT2D eigenvalue weighted by Gasteiger charge is 2.42. The molecule has 1 fully saturated rings. The van der Waals surface area contributed by atoms with Gasteiger partial charge in [-0.3, -0.25) is 0 Å². The Morgan fingerprint density at radius 3 is 1.67 bits per heavy atom. The van der Waals surface area contributed by atoms with Crippen LogP contribution in [0.25, 0.3) is 0 Å². The van der Waals surface area contributed by atoms with Crippen molar-refractivity contribution in [3.8, 4) is 0 Å². The molecule has 0 aromatic rings. The zero-order chi connectivity index (χ0) is 16.5. The van der Waals surface area contributed by atoms with Crippen LogP contribution in [0.1, 0.15) is 68.7 Å². The summed E-state index contributed by atoms with van der Waals surface area (Å²) in [5, 5.41) is 0. The highest BCUT2D eigenvalue weighted by Crippen LogP contribution is 2.61. The van der Waals surface area contributed by atoms with Crippen LogP contribution in [0.3, 0.4) is 0 Å². The van der Waals surface area contributed by atoms with Gasteiger partial charge in [0.1, 0.15) is 0 Å². The summed E-state index contributed by atoms with van der Waals surface area (Å²) >= 11 is 0. The summed E-state index contributed by atoms with van der Waals surface area (Å²) < 4.78 is 11.7. The maximum absolute atomic E-state index is 5.87. The SMILES string of the molecule is CC1CC(C)(C)CS(OOC(C)(C)C)(OOC(C)(C)C)C1. The molecule has 1 unspecified atom stereocenters. The molecule has 0 N–H and O–H groups in total. The first-order valence-corrected chi connectivity index (χ1v) is 9.57. The lowest BCUT2D eigenvalue weighted by Gasteiger charge is -2.51. The van der Waals surface area contributed by atoms with Crippen LogP contribution in [0.2, 0.25) is 0 Å². The average molecular weight is 323 g/mol. The molecule has 1 heterocycles. The first kappa shape index (κ1) is 19.2. The van der Waals surface area contributed by atoms with Crippen molar-refractivity contribution in [2.75, 3.05) is 11.5 Å². The summed E-state index contributed by atoms with van der Waals surface area (Å²) in [5.74, 6) is 2.20. The van der Waals surface area contributed by atoms with Crippen LogP contribution in [0.15, 0.2) is 0 Å². The Balaban J connectivity index is 2.87. The quantitative estimate of drug-likeness (QED) is 0.528. The van der Waals surface area contributed by atoms with E-state index in [0.29, 0.717) is 5.92 Å². The third-order valence-corrected chi connectivity index (χ3v) is 5.80. The maximum atomic E-state index is 5.87. The Bertz CT molecular complexity index is 323. The predicted molar refractivity (Wildman–Crippen MR) is 88.7 cm³/mol. The van der Waals surface area contributed by atoms with E-state index in [0.717, 1.165) is 11.5 Å². The molecule has 21 heavy (non-hydrogen) atoms. The van der Waals surface area contributed by atoms with E-state index in [-0.39, 0.29) is 16.6 Å². The first-order chi connectivity index (χ1) is 9.22.